The fraction of sp³-hybridized carbons (Fsp3) is 0.464. The average Bonchev–Trinajstić information content (AvgIpc) is 2.91. The molecule has 0 atom stereocenters. The molecular weight excluding hydrogens is 576 g/mol. The summed E-state index contributed by atoms with van der Waals surface area (Å²) in [5, 5.41) is 84.6. The molecule has 43 heavy (non-hydrogen) atoms. The van der Waals surface area contributed by atoms with Crippen LogP contribution in [0.1, 0.15) is 41.5 Å². The van der Waals surface area contributed by atoms with Crippen LogP contribution in [0.4, 0.5) is 0 Å². The summed E-state index contributed by atoms with van der Waals surface area (Å²) < 4.78 is 0. The molecular formula is C28H48O15. The van der Waals surface area contributed by atoms with Gasteiger partial charge in [-0.3, -0.25) is 0 Å². The third-order valence-electron chi connectivity index (χ3n) is 4.71. The minimum absolute atomic E-state index is 0.176. The van der Waals surface area contributed by atoms with Crippen molar-refractivity contribution in [3.63, 3.8) is 0 Å². The molecule has 0 saturated heterocycles. The number of rotatable bonds is 11. The number of aliphatic hydroxyl groups is 5. The van der Waals surface area contributed by atoms with Crippen molar-refractivity contribution in [2.45, 2.75) is 41.5 Å². The van der Waals surface area contributed by atoms with E-state index in [-0.39, 0.29) is 27.9 Å². The van der Waals surface area contributed by atoms with E-state index in [0.29, 0.717) is 0 Å². The monoisotopic (exact) mass is 624 g/mol. The number of aliphatic carboxylic acids is 5. The highest BCUT2D eigenvalue weighted by Gasteiger charge is 2.46. The second-order valence-corrected chi connectivity index (χ2v) is 9.06. The normalized spacial score (nSPS) is 9.28. The van der Waals surface area contributed by atoms with Gasteiger partial charge in [0, 0.05) is 38.7 Å². The zero-order valence-corrected chi connectivity index (χ0v) is 25.6. The molecule has 0 unspecified atom stereocenters. The zero-order valence-electron chi connectivity index (χ0n) is 25.6. The van der Waals surface area contributed by atoms with Gasteiger partial charge >= 0.3 is 29.8 Å². The molecule has 0 fully saturated rings. The van der Waals surface area contributed by atoms with Gasteiger partial charge in [-0.15, -0.1) is 0 Å². The predicted molar refractivity (Wildman–Crippen MR) is 158 cm³/mol. The van der Waals surface area contributed by atoms with Gasteiger partial charge in [0.25, 0.3) is 0 Å². The molecule has 0 aliphatic heterocycles. The molecule has 0 aliphatic rings. The number of aliphatic hydroxyl groups excluding tert-OH is 5. The quantitative estimate of drug-likeness (QED) is 0.144. The molecule has 15 nitrogen and oxygen atoms in total. The summed E-state index contributed by atoms with van der Waals surface area (Å²) in [6, 6.07) is 0. The standard InChI is InChI=1S/C8H18O5.5C4H6O2/c1-7(2-9,3-10)8(4-11,5-12)6-13;5*1-3(2)4(5)6/h9-13H,2-6H2,1H3;5*1H2,2H3,(H,5,6). The minimum atomic E-state index is -1.25. The van der Waals surface area contributed by atoms with Crippen molar-refractivity contribution >= 4 is 29.8 Å². The highest BCUT2D eigenvalue weighted by molar-refractivity contribution is 5.86. The lowest BCUT2D eigenvalue weighted by molar-refractivity contribution is -0.133. The van der Waals surface area contributed by atoms with Crippen LogP contribution < -0.4 is 0 Å². The lowest BCUT2D eigenvalue weighted by Crippen LogP contribution is -2.52. The van der Waals surface area contributed by atoms with Gasteiger partial charge in [-0.05, 0) is 34.6 Å². The Morgan fingerprint density at radius 2 is 0.535 bits per heavy atom. The molecule has 0 aliphatic carbocycles. The van der Waals surface area contributed by atoms with E-state index in [4.69, 9.17) is 51.1 Å². The Hall–Kier alpha value is -4.15. The number of carboxylic acid groups (broad SMARTS) is 5. The summed E-state index contributed by atoms with van der Waals surface area (Å²) in [6.45, 7) is 22.2. The number of carboxylic acids is 5. The van der Waals surface area contributed by atoms with E-state index in [1.807, 2.05) is 0 Å². The number of hydrogen-bond acceptors (Lipinski definition) is 10. The molecule has 0 spiro atoms. The molecule has 0 aromatic carbocycles. The highest BCUT2D eigenvalue weighted by atomic mass is 16.4. The fourth-order valence-corrected chi connectivity index (χ4v) is 1.11. The Balaban J connectivity index is -0.0000000995. The van der Waals surface area contributed by atoms with E-state index >= 15 is 0 Å². The molecule has 250 valence electrons. The number of hydrogen-bond donors (Lipinski definition) is 10. The second kappa shape index (κ2) is 28.0. The first-order valence-electron chi connectivity index (χ1n) is 11.8. The molecule has 15 heteroatoms. The van der Waals surface area contributed by atoms with Crippen LogP contribution in [0.25, 0.3) is 0 Å². The molecule has 0 aromatic rings. The van der Waals surface area contributed by atoms with E-state index in [1.54, 1.807) is 0 Å². The van der Waals surface area contributed by atoms with Crippen molar-refractivity contribution in [3.8, 4) is 0 Å². The van der Waals surface area contributed by atoms with Gasteiger partial charge in [-0.2, -0.15) is 0 Å². The van der Waals surface area contributed by atoms with E-state index < -0.39 is 73.7 Å². The highest BCUT2D eigenvalue weighted by Crippen LogP contribution is 2.37. The van der Waals surface area contributed by atoms with Crippen LogP contribution in [-0.2, 0) is 24.0 Å². The number of carbonyl (C=O) groups is 5. The van der Waals surface area contributed by atoms with Crippen molar-refractivity contribution in [3.05, 3.63) is 60.8 Å². The molecule has 0 radical (unpaired) electrons. The second-order valence-electron chi connectivity index (χ2n) is 9.06. The van der Waals surface area contributed by atoms with Crippen molar-refractivity contribution in [1.29, 1.82) is 0 Å². The van der Waals surface area contributed by atoms with Gasteiger partial charge in [-0.25, -0.2) is 24.0 Å². The van der Waals surface area contributed by atoms with Crippen LogP contribution in [0.2, 0.25) is 0 Å². The van der Waals surface area contributed by atoms with Gasteiger partial charge in [0.1, 0.15) is 0 Å². The minimum Gasteiger partial charge on any atom is -0.478 e. The van der Waals surface area contributed by atoms with E-state index in [0.717, 1.165) is 0 Å². The maximum Gasteiger partial charge on any atom is 0.330 e. The lowest BCUT2D eigenvalue weighted by Gasteiger charge is -2.43. The first-order valence-corrected chi connectivity index (χ1v) is 11.8. The fourth-order valence-electron chi connectivity index (χ4n) is 1.11. The SMILES string of the molecule is C=C(C)C(=O)O.C=C(C)C(=O)O.C=C(C)C(=O)O.C=C(C)C(=O)O.C=C(C)C(=O)O.CC(CO)(CO)C(CO)(CO)CO. The summed E-state index contributed by atoms with van der Waals surface area (Å²) in [5.74, 6) is -4.68. The van der Waals surface area contributed by atoms with Gasteiger partial charge in [0.15, 0.2) is 0 Å². The summed E-state index contributed by atoms with van der Waals surface area (Å²) in [7, 11) is 0. The molecule has 10 N–H and O–H groups in total. The predicted octanol–water partition coefficient (Wildman–Crippen LogP) is 1.18. The third kappa shape index (κ3) is 30.6. The average molecular weight is 625 g/mol. The Bertz CT molecular complexity index is 746. The molecule has 0 amide bonds. The van der Waals surface area contributed by atoms with Gasteiger partial charge in [-0.1, -0.05) is 39.8 Å². The summed E-state index contributed by atoms with van der Waals surface area (Å²) in [5.41, 5.74) is -1.47. The molecule has 0 bridgehead atoms. The third-order valence-corrected chi connectivity index (χ3v) is 4.71. The van der Waals surface area contributed by atoms with Gasteiger partial charge in [0.2, 0.25) is 0 Å². The summed E-state index contributed by atoms with van der Waals surface area (Å²) in [6.07, 6.45) is 0. The van der Waals surface area contributed by atoms with Crippen molar-refractivity contribution in [1.82, 2.24) is 0 Å². The van der Waals surface area contributed by atoms with Crippen LogP contribution in [0.15, 0.2) is 60.8 Å². The molecule has 0 aromatic heterocycles. The largest absolute Gasteiger partial charge is 0.478 e. The van der Waals surface area contributed by atoms with Crippen molar-refractivity contribution < 1.29 is 75.0 Å². The Labute approximate surface area is 251 Å². The van der Waals surface area contributed by atoms with Crippen LogP contribution in [-0.4, -0.2) is 114 Å². The Kier molecular flexibility index (Phi) is 33.6. The maximum absolute atomic E-state index is 9.60. The lowest BCUT2D eigenvalue weighted by atomic mass is 9.66. The van der Waals surface area contributed by atoms with Crippen LogP contribution in [0.3, 0.4) is 0 Å². The van der Waals surface area contributed by atoms with Gasteiger partial charge in [0.05, 0.1) is 33.0 Å². The smallest absolute Gasteiger partial charge is 0.330 e. The topological polar surface area (TPSA) is 288 Å². The maximum atomic E-state index is 9.60. The first kappa shape index (κ1) is 51.6. The van der Waals surface area contributed by atoms with Crippen LogP contribution in [0, 0.1) is 10.8 Å². The summed E-state index contributed by atoms with van der Waals surface area (Å²) in [4.78, 5) is 48.0. The Morgan fingerprint density at radius 3 is 0.558 bits per heavy atom. The molecule has 0 heterocycles. The van der Waals surface area contributed by atoms with Crippen LogP contribution >= 0.6 is 0 Å². The molecule has 0 saturated carbocycles. The van der Waals surface area contributed by atoms with Gasteiger partial charge < -0.3 is 51.1 Å². The van der Waals surface area contributed by atoms with E-state index in [9.17, 15) is 24.0 Å². The van der Waals surface area contributed by atoms with E-state index in [1.165, 1.54) is 41.5 Å². The zero-order chi connectivity index (χ0) is 36.3. The first-order chi connectivity index (χ1) is 19.3. The van der Waals surface area contributed by atoms with Crippen LogP contribution in [0.5, 0.6) is 0 Å². The summed E-state index contributed by atoms with van der Waals surface area (Å²) >= 11 is 0. The molecule has 0 rings (SSSR count). The Morgan fingerprint density at radius 1 is 0.419 bits per heavy atom. The van der Waals surface area contributed by atoms with Crippen molar-refractivity contribution in [2.75, 3.05) is 33.0 Å². The van der Waals surface area contributed by atoms with E-state index in [2.05, 4.69) is 32.9 Å². The van der Waals surface area contributed by atoms with Crippen molar-refractivity contribution in [2.24, 2.45) is 10.8 Å².